The van der Waals surface area contributed by atoms with Crippen LogP contribution in [0.1, 0.15) is 85.1 Å². The number of thiocarbonyl (C=S) groups is 1. The summed E-state index contributed by atoms with van der Waals surface area (Å²) in [7, 11) is 4.30. The molecule has 0 radical (unpaired) electrons. The van der Waals surface area contributed by atoms with Crippen molar-refractivity contribution in [3.05, 3.63) is 69.5 Å². The van der Waals surface area contributed by atoms with Gasteiger partial charge in [0.15, 0.2) is 10.8 Å². The van der Waals surface area contributed by atoms with Crippen molar-refractivity contribution in [1.82, 2.24) is 31.6 Å². The number of allylic oxidation sites excluding steroid dienone is 3. The molecule has 496 valence electrons. The van der Waals surface area contributed by atoms with Crippen LogP contribution >= 0.6 is 35.4 Å². The molecule has 28 nitrogen and oxygen atoms in total. The topological polar surface area (TPSA) is 371 Å². The van der Waals surface area contributed by atoms with Gasteiger partial charge in [-0.1, -0.05) is 67.8 Å². The average molecular weight is 1330 g/mol. The van der Waals surface area contributed by atoms with E-state index in [2.05, 4.69) is 37.2 Å². The number of fused-ring (bicyclic) bond motifs is 5. The normalized spacial score (nSPS) is 24.6. The maximum atomic E-state index is 16.2. The largest absolute Gasteiger partial charge is 0.495 e. The molecule has 10 atom stereocenters. The van der Waals surface area contributed by atoms with Crippen LogP contribution in [0.3, 0.4) is 0 Å². The van der Waals surface area contributed by atoms with Crippen molar-refractivity contribution in [3.63, 3.8) is 0 Å². The first kappa shape index (κ1) is 72.1. The highest BCUT2D eigenvalue weighted by molar-refractivity contribution is 7.80. The lowest BCUT2D eigenvalue weighted by molar-refractivity contribution is -0.198. The van der Waals surface area contributed by atoms with E-state index >= 15 is 4.39 Å². The maximum Gasteiger partial charge on any atom is 0.412 e. The lowest BCUT2D eigenvalue weighted by Gasteiger charge is -2.42. The lowest BCUT2D eigenvalue weighted by atomic mass is 9.83. The number of carbonyl (C=O) groups excluding carboxylic acids is 8. The number of hydroxylamine groups is 2. The second kappa shape index (κ2) is 32.8. The van der Waals surface area contributed by atoms with Crippen molar-refractivity contribution in [2.45, 2.75) is 140 Å². The standard InChI is InChI=1S/C58H79Cl2FN10O18S/c1-30(2)49(68-54(90)64-18-20-85-22-21-84-19-16-47(75)89-71-44(72)14-15-45(71)73)52(77)65-36(12-10-17-63-53(62)78)51(76)66-38-26-34(59)37(27-35(38)61)67-55(79)87-43-28-46(74)70(6)39-24-33(25-40(82-7)48(39)60)23-31(3)11-9-13-42(83-8)58(81)29-41(86-56(80)69-58)32(4)50-57(43,5)88-50/h9,11,13,24-27,30,32,36,41-43,49-50,52,65,77,81H,10,12,14-23,28-29H2,1-8H3,(H,66,76)(H,67,79)(H,69,80)(H3,62,63,78)(H2,64,68,90)/b13-9+,31-11+/t32-,36+,41+,42-,43+,49+,50+,52?,57+,58+/m1/s1. The van der Waals surface area contributed by atoms with Gasteiger partial charge in [0, 0.05) is 58.5 Å². The summed E-state index contributed by atoms with van der Waals surface area (Å²) in [6, 6.07) is 2.43. The number of imide groups is 1. The van der Waals surface area contributed by atoms with Crippen LogP contribution in [0.5, 0.6) is 5.75 Å². The zero-order chi connectivity index (χ0) is 66.2. The Labute approximate surface area is 534 Å². The number of hydrogen-bond donors (Lipinski definition) is 10. The number of carbonyl (C=O) groups is 8. The van der Waals surface area contributed by atoms with E-state index in [0.717, 1.165) is 17.7 Å². The molecule has 0 spiro atoms. The number of nitrogens with one attached hydrogen (secondary N) is 7. The van der Waals surface area contributed by atoms with Crippen molar-refractivity contribution < 1.29 is 91.0 Å². The third-order valence-electron chi connectivity index (χ3n) is 15.3. The summed E-state index contributed by atoms with van der Waals surface area (Å²) in [6.45, 7) is 9.41. The van der Waals surface area contributed by atoms with E-state index in [4.69, 9.17) is 79.1 Å². The first-order valence-corrected chi connectivity index (χ1v) is 30.1. The van der Waals surface area contributed by atoms with Gasteiger partial charge >= 0.3 is 24.2 Å². The highest BCUT2D eigenvalue weighted by Crippen LogP contribution is 2.49. The zero-order valence-corrected chi connectivity index (χ0v) is 53.4. The maximum absolute atomic E-state index is 16.2. The second-order valence-corrected chi connectivity index (χ2v) is 23.6. The summed E-state index contributed by atoms with van der Waals surface area (Å²) in [5, 5.41) is 42.5. The lowest BCUT2D eigenvalue weighted by Crippen LogP contribution is -2.63. The SMILES string of the molecule is COc1cc2cc(c1Cl)N(C)C(=O)C[C@H](OC(=O)Nc1cc(F)c(NC(=O)[C@H](CCCNC(N)=O)NC(O)[C@@H](NC(=S)NCCOCCOCCC(=O)ON3C(=O)CCC3=O)C(C)C)cc1Cl)[C@]1(C)O[C@H]1[C@H](C)[C@@H]1C[C@@](O)(NC(=O)O1)[C@H](OC)/C=C/C=C(\C)C2. The van der Waals surface area contributed by atoms with Gasteiger partial charge < -0.3 is 80.1 Å². The van der Waals surface area contributed by atoms with Gasteiger partial charge in [-0.05, 0) is 75.0 Å². The number of urea groups is 1. The molecule has 32 heteroatoms. The van der Waals surface area contributed by atoms with Crippen LogP contribution in [-0.4, -0.2) is 183 Å². The molecule has 0 saturated carbocycles. The number of epoxide rings is 1. The molecule has 0 aromatic heterocycles. The molecule has 0 aliphatic carbocycles. The molecule has 6 rings (SSSR count). The van der Waals surface area contributed by atoms with Gasteiger partial charge in [-0.15, -0.1) is 5.06 Å². The molecule has 90 heavy (non-hydrogen) atoms. The van der Waals surface area contributed by atoms with Crippen LogP contribution in [0.15, 0.2) is 48.1 Å². The number of alkyl carbamates (subject to hydrolysis) is 1. The smallest absolute Gasteiger partial charge is 0.412 e. The van der Waals surface area contributed by atoms with Crippen molar-refractivity contribution >= 4 is 105 Å². The number of anilines is 3. The molecule has 11 N–H and O–H groups in total. The van der Waals surface area contributed by atoms with Crippen molar-refractivity contribution in [2.24, 2.45) is 17.6 Å². The quantitative estimate of drug-likeness (QED) is 0.0217. The van der Waals surface area contributed by atoms with Crippen LogP contribution < -0.4 is 52.6 Å². The first-order valence-electron chi connectivity index (χ1n) is 29.0. The van der Waals surface area contributed by atoms with Crippen molar-refractivity contribution in [1.29, 1.82) is 0 Å². The van der Waals surface area contributed by atoms with Crippen LogP contribution in [0.25, 0.3) is 0 Å². The number of benzene rings is 2. The molecule has 3 saturated heterocycles. The summed E-state index contributed by atoms with van der Waals surface area (Å²) >= 11 is 19.0. The summed E-state index contributed by atoms with van der Waals surface area (Å²) < 4.78 is 56.3. The first-order chi connectivity index (χ1) is 42.6. The Morgan fingerprint density at radius 2 is 1.67 bits per heavy atom. The molecule has 3 fully saturated rings. The predicted molar refractivity (Wildman–Crippen MR) is 328 cm³/mol. The fourth-order valence-corrected chi connectivity index (χ4v) is 11.0. The third-order valence-corrected chi connectivity index (χ3v) is 16.3. The number of halogens is 3. The van der Waals surface area contributed by atoms with E-state index in [9.17, 15) is 48.6 Å². The number of methoxy groups -OCH3 is 2. The predicted octanol–water partition coefficient (Wildman–Crippen LogP) is 4.35. The van der Waals surface area contributed by atoms with Gasteiger partial charge in [-0.3, -0.25) is 35.1 Å². The highest BCUT2D eigenvalue weighted by Gasteiger charge is 2.64. The Balaban J connectivity index is 1.11. The van der Waals surface area contributed by atoms with Gasteiger partial charge in [0.25, 0.3) is 11.8 Å². The van der Waals surface area contributed by atoms with Gasteiger partial charge in [-0.2, -0.15) is 0 Å². The number of hydrogen-bond acceptors (Lipinski definition) is 20. The number of nitrogens with two attached hydrogens (primary N) is 1. The minimum Gasteiger partial charge on any atom is -0.495 e. The molecule has 1 unspecified atom stereocenters. The number of rotatable bonds is 25. The van der Waals surface area contributed by atoms with Crippen LogP contribution in [0, 0.1) is 17.7 Å². The van der Waals surface area contributed by atoms with Gasteiger partial charge in [0.1, 0.15) is 46.7 Å². The summed E-state index contributed by atoms with van der Waals surface area (Å²) in [6.07, 6.45) is -3.17. The minimum atomic E-state index is -1.94. The summed E-state index contributed by atoms with van der Waals surface area (Å²) in [4.78, 5) is 108. The van der Waals surface area contributed by atoms with Crippen molar-refractivity contribution in [3.8, 4) is 5.75 Å². The average Bonchev–Trinajstić information content (AvgIpc) is 1.57. The minimum absolute atomic E-state index is 0.0181. The number of aliphatic hydroxyl groups is 2. The molecular formula is C58H79Cl2FN10O18S. The van der Waals surface area contributed by atoms with E-state index in [-0.39, 0.29) is 116 Å². The molecule has 4 aliphatic heterocycles. The molecule has 8 amide bonds. The summed E-state index contributed by atoms with van der Waals surface area (Å²) in [5.74, 6) is -5.17. The Bertz CT molecular complexity index is 3020. The second-order valence-electron chi connectivity index (χ2n) is 22.4. The number of ether oxygens (including phenoxy) is 7. The third kappa shape index (κ3) is 19.8. The number of primary amides is 1. The van der Waals surface area contributed by atoms with Crippen LogP contribution in [-0.2, 0) is 63.7 Å². The molecule has 4 heterocycles. The number of amides is 8. The van der Waals surface area contributed by atoms with Crippen LogP contribution in [0.2, 0.25) is 10.0 Å². The van der Waals surface area contributed by atoms with Crippen molar-refractivity contribution in [2.75, 3.05) is 76.3 Å². The van der Waals surface area contributed by atoms with Gasteiger partial charge in [-0.25, -0.2) is 23.6 Å². The van der Waals surface area contributed by atoms with E-state index in [0.29, 0.717) is 17.0 Å². The molecular weight excluding hydrogens is 1250 g/mol. The molecule has 4 bridgehead atoms. The van der Waals surface area contributed by atoms with E-state index in [1.807, 2.05) is 6.92 Å². The number of aliphatic hydroxyl groups excluding tert-OH is 1. The monoisotopic (exact) mass is 1320 g/mol. The Morgan fingerprint density at radius 3 is 2.33 bits per heavy atom. The number of nitrogens with zero attached hydrogens (tertiary/aromatic N) is 2. The molecule has 4 aliphatic rings. The van der Waals surface area contributed by atoms with Gasteiger partial charge in [0.2, 0.25) is 11.8 Å². The summed E-state index contributed by atoms with van der Waals surface area (Å²) in [5.41, 5.74) is 2.97. The Kier molecular flexibility index (Phi) is 26.3. The Morgan fingerprint density at radius 1 is 0.967 bits per heavy atom. The fourth-order valence-electron chi connectivity index (χ4n) is 10.3. The van der Waals surface area contributed by atoms with E-state index in [1.165, 1.54) is 26.2 Å². The fraction of sp³-hybridized carbons (Fsp3) is 0.569. The molecule has 2 aromatic carbocycles. The zero-order valence-electron chi connectivity index (χ0n) is 51.1. The molecule has 2 aromatic rings. The Hall–Kier alpha value is -7.00. The van der Waals surface area contributed by atoms with E-state index in [1.54, 1.807) is 58.1 Å². The van der Waals surface area contributed by atoms with E-state index < -0.39 is 126 Å². The van der Waals surface area contributed by atoms with Crippen LogP contribution in [0.4, 0.5) is 35.8 Å². The van der Waals surface area contributed by atoms with Gasteiger partial charge in [0.05, 0.1) is 86.7 Å². The highest BCUT2D eigenvalue weighted by atomic mass is 35.5.